The Hall–Kier alpha value is -0.440. The molecule has 1 aromatic rings. The first-order valence-electron chi connectivity index (χ1n) is 3.32. The van der Waals surface area contributed by atoms with Gasteiger partial charge in [0, 0.05) is 5.56 Å². The number of alkyl halides is 3. The molecule has 0 radical (unpaired) electrons. The number of aromatic carboxylic acids is 1. The molecule has 0 amide bonds. The molecule has 0 fully saturated rings. The van der Waals surface area contributed by atoms with Crippen LogP contribution in [0.25, 0.3) is 0 Å². The monoisotopic (exact) mass is 254 g/mol. The average molecular weight is 256 g/mol. The Morgan fingerprint density at radius 1 is 1.14 bits per heavy atom. The van der Waals surface area contributed by atoms with Crippen LogP contribution in [-0.2, 0) is 3.79 Å². The van der Waals surface area contributed by atoms with Gasteiger partial charge in [-0.2, -0.15) is 0 Å². The number of rotatable bonds is 1. The Bertz CT molecular complexity index is 314. The predicted molar refractivity (Wildman–Crippen MR) is 59.4 cm³/mol. The molecule has 0 spiro atoms. The Balaban J connectivity index is 0.00000169. The highest BCUT2D eigenvalue weighted by molar-refractivity contribution is 6.66. The predicted octanol–water partition coefficient (Wildman–Crippen LogP) is 3.85. The maximum Gasteiger partial charge on any atom is 0.335 e. The van der Waals surface area contributed by atoms with Crippen LogP contribution in [0.3, 0.4) is 0 Å². The van der Waals surface area contributed by atoms with Gasteiger partial charge in [0.15, 0.2) is 0 Å². The molecule has 0 aliphatic heterocycles. The number of hydrogen-bond donors (Lipinski definition) is 1. The molecule has 0 saturated heterocycles. The van der Waals surface area contributed by atoms with Gasteiger partial charge in [-0.25, -0.2) is 4.79 Å². The minimum absolute atomic E-state index is 0. The molecule has 0 atom stereocenters. The van der Waals surface area contributed by atoms with Crippen LogP contribution < -0.4 is 0 Å². The van der Waals surface area contributed by atoms with Crippen molar-refractivity contribution in [2.75, 3.05) is 0 Å². The summed E-state index contributed by atoms with van der Waals surface area (Å²) in [6, 6.07) is 5.71. The fraction of sp³-hybridized carbons (Fsp3) is 0.222. The molecule has 0 heterocycles. The maximum absolute atomic E-state index is 10.5. The van der Waals surface area contributed by atoms with E-state index in [1.165, 1.54) is 24.3 Å². The van der Waals surface area contributed by atoms with Crippen molar-refractivity contribution in [3.05, 3.63) is 35.4 Å². The van der Waals surface area contributed by atoms with Gasteiger partial charge in [-0.3, -0.25) is 0 Å². The molecular formula is C9H9Cl3O2. The van der Waals surface area contributed by atoms with Crippen LogP contribution in [0.4, 0.5) is 0 Å². The zero-order valence-electron chi connectivity index (χ0n) is 6.30. The SMILES string of the molecule is C.O=C(O)c1ccc(C(Cl)(Cl)Cl)cc1. The Kier molecular flexibility index (Phi) is 4.72. The van der Waals surface area contributed by atoms with E-state index < -0.39 is 9.76 Å². The third-order valence-electron chi connectivity index (χ3n) is 1.46. The number of halogens is 3. The average Bonchev–Trinajstić information content (AvgIpc) is 2.03. The van der Waals surface area contributed by atoms with Gasteiger partial charge in [0.05, 0.1) is 5.56 Å². The van der Waals surface area contributed by atoms with Gasteiger partial charge in [-0.05, 0) is 12.1 Å². The number of hydrogen-bond acceptors (Lipinski definition) is 1. The summed E-state index contributed by atoms with van der Waals surface area (Å²) in [6.07, 6.45) is 0. The lowest BCUT2D eigenvalue weighted by Crippen LogP contribution is -2.01. The van der Waals surface area contributed by atoms with Crippen molar-refractivity contribution >= 4 is 40.8 Å². The topological polar surface area (TPSA) is 37.3 Å². The third kappa shape index (κ3) is 3.37. The molecule has 78 valence electrons. The van der Waals surface area contributed by atoms with E-state index in [9.17, 15) is 4.79 Å². The number of carbonyl (C=O) groups is 1. The summed E-state index contributed by atoms with van der Waals surface area (Å²) in [7, 11) is 0. The highest BCUT2D eigenvalue weighted by Gasteiger charge is 2.22. The standard InChI is InChI=1S/C8H5Cl3O2.CH4/c9-8(10,11)6-3-1-5(2-4-6)7(12)13;/h1-4H,(H,12,13);1H4. The van der Waals surface area contributed by atoms with E-state index in [0.29, 0.717) is 5.56 Å². The number of carboxylic acid groups (broad SMARTS) is 1. The zero-order valence-corrected chi connectivity index (χ0v) is 8.57. The normalized spacial score (nSPS) is 10.5. The van der Waals surface area contributed by atoms with Gasteiger partial charge in [0.1, 0.15) is 0 Å². The van der Waals surface area contributed by atoms with Gasteiger partial charge in [-0.1, -0.05) is 54.4 Å². The van der Waals surface area contributed by atoms with Gasteiger partial charge in [0.2, 0.25) is 3.79 Å². The molecule has 0 unspecified atom stereocenters. The lowest BCUT2D eigenvalue weighted by Gasteiger charge is -2.10. The lowest BCUT2D eigenvalue weighted by molar-refractivity contribution is 0.0697. The van der Waals surface area contributed by atoms with E-state index >= 15 is 0 Å². The van der Waals surface area contributed by atoms with Crippen LogP contribution in [-0.4, -0.2) is 11.1 Å². The molecule has 1 N–H and O–H groups in total. The van der Waals surface area contributed by atoms with E-state index in [4.69, 9.17) is 39.9 Å². The molecule has 0 aromatic heterocycles. The number of carboxylic acids is 1. The van der Waals surface area contributed by atoms with Crippen LogP contribution in [0.15, 0.2) is 24.3 Å². The van der Waals surface area contributed by atoms with Gasteiger partial charge < -0.3 is 5.11 Å². The van der Waals surface area contributed by atoms with Crippen molar-refractivity contribution in [3.63, 3.8) is 0 Å². The molecule has 0 aliphatic rings. The van der Waals surface area contributed by atoms with E-state index in [-0.39, 0.29) is 13.0 Å². The first-order chi connectivity index (χ1) is 5.91. The van der Waals surface area contributed by atoms with E-state index in [2.05, 4.69) is 0 Å². The van der Waals surface area contributed by atoms with Crippen LogP contribution in [0.5, 0.6) is 0 Å². The first kappa shape index (κ1) is 13.6. The van der Waals surface area contributed by atoms with Crippen LogP contribution >= 0.6 is 34.8 Å². The first-order valence-corrected chi connectivity index (χ1v) is 4.45. The second-order valence-electron chi connectivity index (χ2n) is 2.38. The van der Waals surface area contributed by atoms with Crippen molar-refractivity contribution in [2.45, 2.75) is 11.2 Å². The van der Waals surface area contributed by atoms with Crippen molar-refractivity contribution in [3.8, 4) is 0 Å². The molecule has 1 aromatic carbocycles. The molecular weight excluding hydrogens is 246 g/mol. The Morgan fingerprint density at radius 3 is 1.86 bits per heavy atom. The highest BCUT2D eigenvalue weighted by Crippen LogP contribution is 2.37. The second-order valence-corrected chi connectivity index (χ2v) is 4.66. The molecule has 0 bridgehead atoms. The molecule has 14 heavy (non-hydrogen) atoms. The van der Waals surface area contributed by atoms with Crippen LogP contribution in [0.1, 0.15) is 23.3 Å². The Labute approximate surface area is 97.4 Å². The zero-order chi connectivity index (χ0) is 10.1. The van der Waals surface area contributed by atoms with Gasteiger partial charge in [-0.15, -0.1) is 0 Å². The quantitative estimate of drug-likeness (QED) is 0.774. The summed E-state index contributed by atoms with van der Waals surface area (Å²) < 4.78 is -1.50. The van der Waals surface area contributed by atoms with Gasteiger partial charge in [0.25, 0.3) is 0 Å². The van der Waals surface area contributed by atoms with E-state index in [1.807, 2.05) is 0 Å². The fourth-order valence-corrected chi connectivity index (χ4v) is 1.18. The van der Waals surface area contributed by atoms with E-state index in [0.717, 1.165) is 0 Å². The molecule has 0 saturated carbocycles. The van der Waals surface area contributed by atoms with Crippen molar-refractivity contribution in [1.29, 1.82) is 0 Å². The second kappa shape index (κ2) is 4.87. The largest absolute Gasteiger partial charge is 0.478 e. The summed E-state index contributed by atoms with van der Waals surface area (Å²) in [5.41, 5.74) is 0.612. The maximum atomic E-state index is 10.5. The summed E-state index contributed by atoms with van der Waals surface area (Å²) in [6.45, 7) is 0. The van der Waals surface area contributed by atoms with Gasteiger partial charge >= 0.3 is 5.97 Å². The minimum Gasteiger partial charge on any atom is -0.478 e. The molecule has 0 aliphatic carbocycles. The summed E-state index contributed by atoms with van der Waals surface area (Å²) in [4.78, 5) is 10.5. The summed E-state index contributed by atoms with van der Waals surface area (Å²) >= 11 is 16.7. The molecule has 2 nitrogen and oxygen atoms in total. The summed E-state index contributed by atoms with van der Waals surface area (Å²) in [5.74, 6) is -1.00. The van der Waals surface area contributed by atoms with Crippen molar-refractivity contribution in [2.24, 2.45) is 0 Å². The highest BCUT2D eigenvalue weighted by atomic mass is 35.6. The third-order valence-corrected chi connectivity index (χ3v) is 2.11. The Morgan fingerprint density at radius 2 is 1.57 bits per heavy atom. The molecule has 1 rings (SSSR count). The van der Waals surface area contributed by atoms with Crippen molar-refractivity contribution < 1.29 is 9.90 Å². The lowest BCUT2D eigenvalue weighted by atomic mass is 10.1. The van der Waals surface area contributed by atoms with Crippen molar-refractivity contribution in [1.82, 2.24) is 0 Å². The molecule has 5 heteroatoms. The smallest absolute Gasteiger partial charge is 0.335 e. The number of benzene rings is 1. The van der Waals surface area contributed by atoms with Crippen LogP contribution in [0, 0.1) is 0 Å². The van der Waals surface area contributed by atoms with Crippen LogP contribution in [0.2, 0.25) is 0 Å². The minimum atomic E-state index is -1.50. The van der Waals surface area contributed by atoms with E-state index in [1.54, 1.807) is 0 Å². The fourth-order valence-electron chi connectivity index (χ4n) is 0.802. The summed E-state index contributed by atoms with van der Waals surface area (Å²) in [5, 5.41) is 8.58.